The number of sulfonamides is 1. The van der Waals surface area contributed by atoms with Crippen LogP contribution in [0.4, 0.5) is 0 Å². The van der Waals surface area contributed by atoms with Crippen molar-refractivity contribution in [1.29, 1.82) is 0 Å². The van der Waals surface area contributed by atoms with E-state index in [0.29, 0.717) is 36.6 Å². The number of furan rings is 1. The van der Waals surface area contributed by atoms with Crippen LogP contribution in [0.1, 0.15) is 40.1 Å². The molecule has 0 spiro atoms. The Morgan fingerprint density at radius 3 is 2.42 bits per heavy atom. The number of benzene rings is 1. The minimum atomic E-state index is -3.51. The first-order valence-electron chi connectivity index (χ1n) is 8.71. The van der Waals surface area contributed by atoms with Gasteiger partial charge < -0.3 is 9.73 Å². The summed E-state index contributed by atoms with van der Waals surface area (Å²) in [6.07, 6.45) is 2.65. The maximum Gasteiger partial charge on any atom is 0.287 e. The van der Waals surface area contributed by atoms with Crippen LogP contribution in [0.3, 0.4) is 0 Å². The second kappa shape index (κ2) is 7.25. The molecule has 26 heavy (non-hydrogen) atoms. The molecule has 0 aliphatic carbocycles. The standard InChI is InChI=1S/C19H24N2O4S/c1-13-4-5-14(2)17(12-13)26(23,24)21-9-6-16(7-10-21)20-19(22)18-15(3)8-11-25-18/h4-5,8,11-12,16H,6-7,9-10H2,1-3H3,(H,20,22). The molecule has 0 radical (unpaired) electrons. The van der Waals surface area contributed by atoms with Crippen LogP contribution in [0.5, 0.6) is 0 Å². The summed E-state index contributed by atoms with van der Waals surface area (Å²) in [5, 5.41) is 2.94. The molecule has 1 aliphatic rings. The van der Waals surface area contributed by atoms with Crippen LogP contribution < -0.4 is 5.32 Å². The minimum Gasteiger partial charge on any atom is -0.459 e. The first-order valence-corrected chi connectivity index (χ1v) is 10.2. The number of hydrogen-bond acceptors (Lipinski definition) is 4. The predicted molar refractivity (Wildman–Crippen MR) is 98.6 cm³/mol. The SMILES string of the molecule is Cc1ccc(C)c(S(=O)(=O)N2CCC(NC(=O)c3occc3C)CC2)c1. The molecule has 1 aliphatic heterocycles. The average molecular weight is 376 g/mol. The van der Waals surface area contributed by atoms with Gasteiger partial charge in [-0.25, -0.2) is 8.42 Å². The van der Waals surface area contributed by atoms with Crippen LogP contribution in [-0.4, -0.2) is 37.8 Å². The van der Waals surface area contributed by atoms with Crippen LogP contribution >= 0.6 is 0 Å². The van der Waals surface area contributed by atoms with Gasteiger partial charge in [-0.05, 0) is 56.9 Å². The summed E-state index contributed by atoms with van der Waals surface area (Å²) in [5.41, 5.74) is 2.46. The molecule has 1 N–H and O–H groups in total. The van der Waals surface area contributed by atoms with Gasteiger partial charge in [-0.3, -0.25) is 4.79 Å². The van der Waals surface area contributed by atoms with Crippen molar-refractivity contribution in [3.05, 3.63) is 53.0 Å². The Bertz CT molecular complexity index is 909. The highest BCUT2D eigenvalue weighted by molar-refractivity contribution is 7.89. The van der Waals surface area contributed by atoms with Crippen molar-refractivity contribution in [2.45, 2.75) is 44.6 Å². The molecule has 0 saturated carbocycles. The van der Waals surface area contributed by atoms with Crippen LogP contribution in [0.2, 0.25) is 0 Å². The smallest absolute Gasteiger partial charge is 0.287 e. The van der Waals surface area contributed by atoms with Gasteiger partial charge in [0, 0.05) is 24.7 Å². The second-order valence-electron chi connectivity index (χ2n) is 6.85. The number of piperidine rings is 1. The average Bonchev–Trinajstić information content (AvgIpc) is 3.03. The monoisotopic (exact) mass is 376 g/mol. The fraction of sp³-hybridized carbons (Fsp3) is 0.421. The Morgan fingerprint density at radius 1 is 1.12 bits per heavy atom. The summed E-state index contributed by atoms with van der Waals surface area (Å²) in [6, 6.07) is 7.15. The van der Waals surface area contributed by atoms with Crippen LogP contribution in [0.25, 0.3) is 0 Å². The molecule has 2 heterocycles. The molecule has 140 valence electrons. The first kappa shape index (κ1) is 18.7. The summed E-state index contributed by atoms with van der Waals surface area (Å²) in [7, 11) is -3.51. The van der Waals surface area contributed by atoms with Crippen molar-refractivity contribution in [3.8, 4) is 0 Å². The molecule has 1 aromatic heterocycles. The maximum absolute atomic E-state index is 12.9. The molecule has 6 nitrogen and oxygen atoms in total. The van der Waals surface area contributed by atoms with Gasteiger partial charge in [0.2, 0.25) is 10.0 Å². The summed E-state index contributed by atoms with van der Waals surface area (Å²) in [5.74, 6) is 0.0683. The van der Waals surface area contributed by atoms with Gasteiger partial charge in [0.1, 0.15) is 0 Å². The van der Waals surface area contributed by atoms with E-state index in [9.17, 15) is 13.2 Å². The summed E-state index contributed by atoms with van der Waals surface area (Å²) >= 11 is 0. The highest BCUT2D eigenvalue weighted by atomic mass is 32.2. The molecule has 1 saturated heterocycles. The molecule has 7 heteroatoms. The van der Waals surface area contributed by atoms with Crippen molar-refractivity contribution in [2.75, 3.05) is 13.1 Å². The van der Waals surface area contributed by atoms with E-state index in [2.05, 4.69) is 5.32 Å². The Balaban J connectivity index is 1.65. The molecule has 1 amide bonds. The van der Waals surface area contributed by atoms with E-state index in [1.165, 1.54) is 10.6 Å². The Kier molecular flexibility index (Phi) is 5.20. The zero-order valence-corrected chi connectivity index (χ0v) is 16.1. The lowest BCUT2D eigenvalue weighted by atomic mass is 10.1. The minimum absolute atomic E-state index is 0.0583. The van der Waals surface area contributed by atoms with Gasteiger partial charge in [-0.2, -0.15) is 4.31 Å². The normalized spacial score (nSPS) is 16.6. The highest BCUT2D eigenvalue weighted by Gasteiger charge is 2.31. The van der Waals surface area contributed by atoms with Crippen LogP contribution in [-0.2, 0) is 10.0 Å². The van der Waals surface area contributed by atoms with Crippen molar-refractivity contribution < 1.29 is 17.6 Å². The van der Waals surface area contributed by atoms with E-state index in [4.69, 9.17) is 4.42 Å². The molecule has 0 unspecified atom stereocenters. The number of carbonyl (C=O) groups excluding carboxylic acids is 1. The van der Waals surface area contributed by atoms with Crippen molar-refractivity contribution >= 4 is 15.9 Å². The lowest BCUT2D eigenvalue weighted by Gasteiger charge is -2.32. The quantitative estimate of drug-likeness (QED) is 0.890. The van der Waals surface area contributed by atoms with E-state index in [1.807, 2.05) is 32.9 Å². The largest absolute Gasteiger partial charge is 0.459 e. The third-order valence-electron chi connectivity index (χ3n) is 4.82. The van der Waals surface area contributed by atoms with Gasteiger partial charge in [0.25, 0.3) is 5.91 Å². The number of hydrogen-bond donors (Lipinski definition) is 1. The second-order valence-corrected chi connectivity index (χ2v) is 8.76. The van der Waals surface area contributed by atoms with Crippen LogP contribution in [0.15, 0.2) is 39.8 Å². The van der Waals surface area contributed by atoms with E-state index < -0.39 is 10.0 Å². The number of rotatable bonds is 4. The third kappa shape index (κ3) is 3.68. The fourth-order valence-corrected chi connectivity index (χ4v) is 5.00. The van der Waals surface area contributed by atoms with E-state index in [-0.39, 0.29) is 11.9 Å². The lowest BCUT2D eigenvalue weighted by Crippen LogP contribution is -2.46. The zero-order chi connectivity index (χ0) is 18.9. The van der Waals surface area contributed by atoms with Gasteiger partial charge in [0.05, 0.1) is 11.2 Å². The Morgan fingerprint density at radius 2 is 1.81 bits per heavy atom. The highest BCUT2D eigenvalue weighted by Crippen LogP contribution is 2.24. The Labute approximate surface area is 154 Å². The molecule has 2 aromatic rings. The number of nitrogens with zero attached hydrogens (tertiary/aromatic N) is 1. The molecular formula is C19H24N2O4S. The summed E-state index contributed by atoms with van der Waals surface area (Å²) in [6.45, 7) is 6.29. The molecule has 0 bridgehead atoms. The van der Waals surface area contributed by atoms with Crippen molar-refractivity contribution in [1.82, 2.24) is 9.62 Å². The van der Waals surface area contributed by atoms with Gasteiger partial charge >= 0.3 is 0 Å². The van der Waals surface area contributed by atoms with E-state index in [0.717, 1.165) is 16.7 Å². The lowest BCUT2D eigenvalue weighted by molar-refractivity contribution is 0.0895. The number of aryl methyl sites for hydroxylation is 3. The fourth-order valence-electron chi connectivity index (χ4n) is 3.22. The van der Waals surface area contributed by atoms with Gasteiger partial charge in [-0.1, -0.05) is 12.1 Å². The first-order chi connectivity index (χ1) is 12.3. The summed E-state index contributed by atoms with van der Waals surface area (Å²) in [4.78, 5) is 12.6. The number of amides is 1. The third-order valence-corrected chi connectivity index (χ3v) is 6.86. The van der Waals surface area contributed by atoms with Gasteiger partial charge in [0.15, 0.2) is 5.76 Å². The summed E-state index contributed by atoms with van der Waals surface area (Å²) < 4.78 is 32.6. The number of carbonyl (C=O) groups is 1. The van der Waals surface area contributed by atoms with E-state index in [1.54, 1.807) is 12.1 Å². The molecule has 0 atom stereocenters. The predicted octanol–water partition coefficient (Wildman–Crippen LogP) is 2.79. The molecular weight excluding hydrogens is 352 g/mol. The molecule has 3 rings (SSSR count). The number of nitrogens with one attached hydrogen (secondary N) is 1. The molecule has 1 aromatic carbocycles. The Hall–Kier alpha value is -2.12. The van der Waals surface area contributed by atoms with Crippen LogP contribution in [0, 0.1) is 20.8 Å². The topological polar surface area (TPSA) is 79.6 Å². The van der Waals surface area contributed by atoms with Crippen molar-refractivity contribution in [2.24, 2.45) is 0 Å². The van der Waals surface area contributed by atoms with E-state index >= 15 is 0 Å². The zero-order valence-electron chi connectivity index (χ0n) is 15.3. The van der Waals surface area contributed by atoms with Gasteiger partial charge in [-0.15, -0.1) is 0 Å². The van der Waals surface area contributed by atoms with Crippen molar-refractivity contribution in [3.63, 3.8) is 0 Å². The molecule has 1 fully saturated rings. The maximum atomic E-state index is 12.9.